The second kappa shape index (κ2) is 5.67. The van der Waals surface area contributed by atoms with E-state index in [0.29, 0.717) is 10.0 Å². The van der Waals surface area contributed by atoms with E-state index in [2.05, 4.69) is 15.9 Å². The van der Waals surface area contributed by atoms with Gasteiger partial charge in [-0.05, 0) is 31.0 Å². The summed E-state index contributed by atoms with van der Waals surface area (Å²) in [6, 6.07) is 1.56. The average molecular weight is 382 g/mol. The van der Waals surface area contributed by atoms with E-state index in [1.54, 1.807) is 6.07 Å². The molecule has 0 aliphatic carbocycles. The molecular formula is C12H11BrClF5O. The van der Waals surface area contributed by atoms with Gasteiger partial charge in [0, 0.05) is 10.0 Å². The number of benzene rings is 1. The molecule has 0 aromatic heterocycles. The molecule has 0 spiro atoms. The minimum absolute atomic E-state index is 0.0744. The van der Waals surface area contributed by atoms with Gasteiger partial charge in [-0.2, -0.15) is 22.0 Å². The van der Waals surface area contributed by atoms with Gasteiger partial charge >= 0.3 is 12.1 Å². The lowest BCUT2D eigenvalue weighted by atomic mass is 9.97. The molecule has 20 heavy (non-hydrogen) atoms. The Labute approximate surface area is 126 Å². The first-order valence-corrected chi connectivity index (χ1v) is 6.60. The third kappa shape index (κ3) is 2.88. The van der Waals surface area contributed by atoms with Crippen molar-refractivity contribution in [1.29, 1.82) is 0 Å². The Hall–Kier alpha value is -0.560. The molecule has 114 valence electrons. The predicted molar refractivity (Wildman–Crippen MR) is 69.8 cm³/mol. The van der Waals surface area contributed by atoms with Crippen molar-refractivity contribution in [2.75, 3.05) is 7.11 Å². The summed E-state index contributed by atoms with van der Waals surface area (Å²) in [4.78, 5) is 0. The molecule has 0 heterocycles. The van der Waals surface area contributed by atoms with Gasteiger partial charge in [0.15, 0.2) is 0 Å². The van der Waals surface area contributed by atoms with Crippen LogP contribution in [-0.2, 0) is 0 Å². The molecule has 0 saturated carbocycles. The zero-order valence-electron chi connectivity index (χ0n) is 10.7. The lowest BCUT2D eigenvalue weighted by Gasteiger charge is -2.27. The van der Waals surface area contributed by atoms with Gasteiger partial charge in [-0.1, -0.05) is 15.9 Å². The van der Waals surface area contributed by atoms with Crippen LogP contribution >= 0.6 is 27.5 Å². The molecule has 8 heteroatoms. The molecule has 1 rings (SSSR count). The van der Waals surface area contributed by atoms with Crippen LogP contribution in [0.4, 0.5) is 22.0 Å². The molecule has 1 atom stereocenters. The number of methoxy groups -OCH3 is 1. The Kier molecular flexibility index (Phi) is 4.96. The van der Waals surface area contributed by atoms with E-state index >= 15 is 0 Å². The Morgan fingerprint density at radius 1 is 1.20 bits per heavy atom. The largest absolute Gasteiger partial charge is 0.496 e. The Balaban J connectivity index is 3.54. The summed E-state index contributed by atoms with van der Waals surface area (Å²) >= 11 is 8.55. The number of ether oxygens (including phenoxy) is 1. The zero-order valence-corrected chi connectivity index (χ0v) is 13.1. The van der Waals surface area contributed by atoms with E-state index in [1.165, 1.54) is 21.0 Å². The first kappa shape index (κ1) is 17.5. The van der Waals surface area contributed by atoms with Crippen LogP contribution in [0.5, 0.6) is 5.75 Å². The van der Waals surface area contributed by atoms with Crippen LogP contribution in [0.3, 0.4) is 0 Å². The molecule has 0 saturated heterocycles. The number of aryl methyl sites for hydroxylation is 1. The standard InChI is InChI=1S/C12H11BrClF5O/c1-5-4-7(13)6(2)8(9(5)20-3)10(14)11(15,16)12(17,18)19/h4,10H,1-3H3. The minimum atomic E-state index is -5.74. The number of halogens is 7. The molecule has 0 N–H and O–H groups in total. The summed E-state index contributed by atoms with van der Waals surface area (Å²) in [6.45, 7) is 2.92. The second-order valence-corrected chi connectivity index (χ2v) is 5.52. The summed E-state index contributed by atoms with van der Waals surface area (Å²) in [6.07, 6.45) is -5.74. The van der Waals surface area contributed by atoms with Crippen molar-refractivity contribution >= 4 is 27.5 Å². The molecular weight excluding hydrogens is 370 g/mol. The normalized spacial score (nSPS) is 14.3. The monoisotopic (exact) mass is 380 g/mol. The first-order valence-electron chi connectivity index (χ1n) is 5.37. The van der Waals surface area contributed by atoms with E-state index in [-0.39, 0.29) is 16.9 Å². The highest BCUT2D eigenvalue weighted by Crippen LogP contribution is 2.51. The molecule has 0 amide bonds. The predicted octanol–water partition coefficient (Wildman–Crippen LogP) is 5.55. The van der Waals surface area contributed by atoms with Crippen LogP contribution in [-0.4, -0.2) is 19.2 Å². The number of hydrogen-bond acceptors (Lipinski definition) is 1. The quantitative estimate of drug-likeness (QED) is 0.492. The SMILES string of the molecule is COc1c(C)cc(Br)c(C)c1C(Cl)C(F)(F)C(F)(F)F. The maximum atomic E-state index is 13.4. The summed E-state index contributed by atoms with van der Waals surface area (Å²) in [7, 11) is 1.19. The fourth-order valence-electron chi connectivity index (χ4n) is 1.78. The van der Waals surface area contributed by atoms with Crippen LogP contribution < -0.4 is 4.74 Å². The third-order valence-corrected chi connectivity index (χ3v) is 4.18. The van der Waals surface area contributed by atoms with Crippen molar-refractivity contribution in [1.82, 2.24) is 0 Å². The minimum Gasteiger partial charge on any atom is -0.496 e. The zero-order chi connectivity index (χ0) is 15.9. The van der Waals surface area contributed by atoms with Gasteiger partial charge in [0.05, 0.1) is 7.11 Å². The van der Waals surface area contributed by atoms with Gasteiger partial charge < -0.3 is 4.74 Å². The van der Waals surface area contributed by atoms with E-state index in [1.807, 2.05) is 0 Å². The molecule has 1 aromatic rings. The van der Waals surface area contributed by atoms with Crippen LogP contribution in [0, 0.1) is 13.8 Å². The first-order chi connectivity index (χ1) is 8.95. The molecule has 0 fully saturated rings. The van der Waals surface area contributed by atoms with E-state index < -0.39 is 17.5 Å². The molecule has 1 nitrogen and oxygen atoms in total. The highest BCUT2D eigenvalue weighted by Gasteiger charge is 2.63. The van der Waals surface area contributed by atoms with Crippen molar-refractivity contribution < 1.29 is 26.7 Å². The van der Waals surface area contributed by atoms with Crippen molar-refractivity contribution in [2.45, 2.75) is 31.3 Å². The van der Waals surface area contributed by atoms with Gasteiger partial charge in [0.1, 0.15) is 11.1 Å². The summed E-state index contributed by atoms with van der Waals surface area (Å²) < 4.78 is 69.6. The lowest BCUT2D eigenvalue weighted by molar-refractivity contribution is -0.283. The van der Waals surface area contributed by atoms with E-state index in [9.17, 15) is 22.0 Å². The van der Waals surface area contributed by atoms with Gasteiger partial charge in [-0.15, -0.1) is 11.6 Å². The Morgan fingerprint density at radius 3 is 2.10 bits per heavy atom. The Bertz CT molecular complexity index is 516. The molecule has 0 aliphatic rings. The van der Waals surface area contributed by atoms with Crippen LogP contribution in [0.15, 0.2) is 10.5 Å². The van der Waals surface area contributed by atoms with Gasteiger partial charge in [-0.25, -0.2) is 0 Å². The van der Waals surface area contributed by atoms with Crippen LogP contribution in [0.2, 0.25) is 0 Å². The van der Waals surface area contributed by atoms with Crippen LogP contribution in [0.25, 0.3) is 0 Å². The molecule has 0 bridgehead atoms. The fourth-order valence-corrected chi connectivity index (χ4v) is 2.72. The van der Waals surface area contributed by atoms with E-state index in [4.69, 9.17) is 16.3 Å². The van der Waals surface area contributed by atoms with Gasteiger partial charge in [0.25, 0.3) is 0 Å². The topological polar surface area (TPSA) is 9.23 Å². The third-order valence-electron chi connectivity index (χ3n) is 2.86. The second-order valence-electron chi connectivity index (χ2n) is 4.23. The number of rotatable bonds is 3. The summed E-state index contributed by atoms with van der Waals surface area (Å²) in [5.41, 5.74) is 0.211. The number of hydrogen-bond donors (Lipinski definition) is 0. The lowest BCUT2D eigenvalue weighted by Crippen LogP contribution is -2.40. The summed E-state index contributed by atoms with van der Waals surface area (Å²) in [5, 5.41) is -2.58. The molecule has 0 radical (unpaired) electrons. The van der Waals surface area contributed by atoms with Gasteiger partial charge in [-0.3, -0.25) is 0 Å². The van der Waals surface area contributed by atoms with Crippen molar-refractivity contribution in [2.24, 2.45) is 0 Å². The maximum Gasteiger partial charge on any atom is 0.455 e. The van der Waals surface area contributed by atoms with Gasteiger partial charge in [0.2, 0.25) is 0 Å². The Morgan fingerprint density at radius 2 is 1.70 bits per heavy atom. The molecule has 0 aliphatic heterocycles. The number of alkyl halides is 6. The van der Waals surface area contributed by atoms with Crippen molar-refractivity contribution in [3.8, 4) is 5.75 Å². The van der Waals surface area contributed by atoms with Crippen molar-refractivity contribution in [3.63, 3.8) is 0 Å². The molecule has 1 aromatic carbocycles. The van der Waals surface area contributed by atoms with E-state index in [0.717, 1.165) is 0 Å². The highest BCUT2D eigenvalue weighted by atomic mass is 79.9. The average Bonchev–Trinajstić information content (AvgIpc) is 2.31. The van der Waals surface area contributed by atoms with Crippen molar-refractivity contribution in [3.05, 3.63) is 27.2 Å². The van der Waals surface area contributed by atoms with Crippen LogP contribution in [0.1, 0.15) is 22.1 Å². The highest BCUT2D eigenvalue weighted by molar-refractivity contribution is 9.10. The summed E-state index contributed by atoms with van der Waals surface area (Å²) in [5.74, 6) is -5.14. The molecule has 1 unspecified atom stereocenters. The smallest absolute Gasteiger partial charge is 0.455 e. The fraction of sp³-hybridized carbons (Fsp3) is 0.500. The maximum absolute atomic E-state index is 13.4.